The molecule has 4 nitrogen and oxygen atoms in total. The molecule has 92 valence electrons. The van der Waals surface area contributed by atoms with Crippen LogP contribution in [0, 0.1) is 5.92 Å². The van der Waals surface area contributed by atoms with Crippen molar-refractivity contribution in [3.8, 4) is 5.75 Å². The molecule has 0 spiro atoms. The summed E-state index contributed by atoms with van der Waals surface area (Å²) in [6.07, 6.45) is 1.33. The number of amides is 1. The molecule has 0 saturated carbocycles. The number of rotatable bonds is 3. The molecule has 1 heterocycles. The summed E-state index contributed by atoms with van der Waals surface area (Å²) < 4.78 is 5.89. The smallest absolute Gasteiger partial charge is 0.248 e. The van der Waals surface area contributed by atoms with Gasteiger partial charge in [-0.05, 0) is 43.1 Å². The summed E-state index contributed by atoms with van der Waals surface area (Å²) in [4.78, 5) is 10.9. The van der Waals surface area contributed by atoms with Crippen LogP contribution in [-0.2, 0) is 0 Å². The molecule has 1 aliphatic rings. The Balaban J connectivity index is 2.00. The van der Waals surface area contributed by atoms with E-state index in [1.54, 1.807) is 24.3 Å². The van der Waals surface area contributed by atoms with E-state index in [4.69, 9.17) is 10.5 Å². The lowest BCUT2D eigenvalue weighted by molar-refractivity contribution is 0.0999. The van der Waals surface area contributed by atoms with Crippen LogP contribution in [0.2, 0.25) is 0 Å². The maximum absolute atomic E-state index is 10.9. The zero-order valence-electron chi connectivity index (χ0n) is 9.98. The molecule has 1 fully saturated rings. The highest BCUT2D eigenvalue weighted by Gasteiger charge is 2.22. The zero-order valence-corrected chi connectivity index (χ0v) is 9.98. The van der Waals surface area contributed by atoms with Crippen molar-refractivity contribution in [1.82, 2.24) is 5.32 Å². The second-order valence-corrected chi connectivity index (χ2v) is 4.52. The second kappa shape index (κ2) is 5.19. The summed E-state index contributed by atoms with van der Waals surface area (Å²) in [6.45, 7) is 4.13. The maximum Gasteiger partial charge on any atom is 0.248 e. The molecule has 0 aromatic heterocycles. The van der Waals surface area contributed by atoms with Crippen molar-refractivity contribution < 1.29 is 9.53 Å². The summed E-state index contributed by atoms with van der Waals surface area (Å²) >= 11 is 0. The van der Waals surface area contributed by atoms with Crippen molar-refractivity contribution in [3.05, 3.63) is 29.8 Å². The van der Waals surface area contributed by atoms with E-state index in [0.29, 0.717) is 11.5 Å². The first-order valence-electron chi connectivity index (χ1n) is 5.94. The Labute approximate surface area is 101 Å². The topological polar surface area (TPSA) is 64.3 Å². The molecule has 0 bridgehead atoms. The lowest BCUT2D eigenvalue weighted by Gasteiger charge is -2.30. The molecule has 1 aromatic carbocycles. The predicted molar refractivity (Wildman–Crippen MR) is 66.0 cm³/mol. The number of ether oxygens (including phenoxy) is 1. The van der Waals surface area contributed by atoms with Gasteiger partial charge in [0, 0.05) is 12.1 Å². The number of piperidine rings is 1. The first-order valence-corrected chi connectivity index (χ1v) is 5.94. The van der Waals surface area contributed by atoms with Crippen molar-refractivity contribution in [2.75, 3.05) is 13.1 Å². The summed E-state index contributed by atoms with van der Waals surface area (Å²) in [5, 5.41) is 3.32. The second-order valence-electron chi connectivity index (χ2n) is 4.52. The maximum atomic E-state index is 10.9. The molecule has 1 aliphatic heterocycles. The first-order chi connectivity index (χ1) is 8.16. The van der Waals surface area contributed by atoms with E-state index in [-0.39, 0.29) is 6.10 Å². The highest BCUT2D eigenvalue weighted by Crippen LogP contribution is 2.20. The molecule has 17 heavy (non-hydrogen) atoms. The van der Waals surface area contributed by atoms with Gasteiger partial charge in [-0.25, -0.2) is 0 Å². The van der Waals surface area contributed by atoms with Crippen molar-refractivity contribution in [3.63, 3.8) is 0 Å². The standard InChI is InChI=1S/C13H18N2O2/c1-9-6-7-15-8-12(9)17-11-4-2-10(3-5-11)13(14)16/h2-5,9,12,15H,6-8H2,1H3,(H2,14,16). The van der Waals surface area contributed by atoms with Gasteiger partial charge in [-0.15, -0.1) is 0 Å². The van der Waals surface area contributed by atoms with Gasteiger partial charge in [0.05, 0.1) is 0 Å². The van der Waals surface area contributed by atoms with Gasteiger partial charge in [0.1, 0.15) is 11.9 Å². The quantitative estimate of drug-likeness (QED) is 0.825. The van der Waals surface area contributed by atoms with E-state index in [1.165, 1.54) is 0 Å². The Hall–Kier alpha value is -1.55. The van der Waals surface area contributed by atoms with Crippen molar-refractivity contribution >= 4 is 5.91 Å². The predicted octanol–water partition coefficient (Wildman–Crippen LogP) is 1.16. The molecule has 1 saturated heterocycles. The molecular weight excluding hydrogens is 216 g/mol. The van der Waals surface area contributed by atoms with Gasteiger partial charge in [-0.2, -0.15) is 0 Å². The SMILES string of the molecule is CC1CCNCC1Oc1ccc(C(N)=O)cc1. The van der Waals surface area contributed by atoms with Gasteiger partial charge in [-0.1, -0.05) is 6.92 Å². The van der Waals surface area contributed by atoms with E-state index < -0.39 is 5.91 Å². The fourth-order valence-electron chi connectivity index (χ4n) is 1.99. The minimum Gasteiger partial charge on any atom is -0.489 e. The molecule has 2 rings (SSSR count). The van der Waals surface area contributed by atoms with Crippen molar-refractivity contribution in [1.29, 1.82) is 0 Å². The summed E-state index contributed by atoms with van der Waals surface area (Å²) in [6, 6.07) is 6.97. The number of hydrogen-bond acceptors (Lipinski definition) is 3. The molecule has 4 heteroatoms. The summed E-state index contributed by atoms with van der Waals surface area (Å²) in [5.41, 5.74) is 5.69. The normalized spacial score (nSPS) is 24.3. The van der Waals surface area contributed by atoms with Crippen LogP contribution in [0.15, 0.2) is 24.3 Å². The highest BCUT2D eigenvalue weighted by molar-refractivity contribution is 5.92. The zero-order chi connectivity index (χ0) is 12.3. The molecule has 0 radical (unpaired) electrons. The Morgan fingerprint density at radius 1 is 1.41 bits per heavy atom. The molecule has 2 atom stereocenters. The molecule has 3 N–H and O–H groups in total. The average molecular weight is 234 g/mol. The van der Waals surface area contributed by atoms with E-state index >= 15 is 0 Å². The monoisotopic (exact) mass is 234 g/mol. The number of primary amides is 1. The van der Waals surface area contributed by atoms with Gasteiger partial charge < -0.3 is 15.8 Å². The Morgan fingerprint density at radius 3 is 2.71 bits per heavy atom. The molecular formula is C13H18N2O2. The van der Waals surface area contributed by atoms with Crippen LogP contribution in [0.1, 0.15) is 23.7 Å². The van der Waals surface area contributed by atoms with Crippen molar-refractivity contribution in [2.45, 2.75) is 19.4 Å². The Kier molecular flexibility index (Phi) is 3.64. The van der Waals surface area contributed by atoms with Crippen LogP contribution >= 0.6 is 0 Å². The minimum absolute atomic E-state index is 0.197. The van der Waals surface area contributed by atoms with Crippen LogP contribution in [0.25, 0.3) is 0 Å². The van der Waals surface area contributed by atoms with Gasteiger partial charge >= 0.3 is 0 Å². The lowest BCUT2D eigenvalue weighted by atomic mass is 9.97. The summed E-state index contributed by atoms with van der Waals surface area (Å²) in [5.74, 6) is 0.923. The Morgan fingerprint density at radius 2 is 2.12 bits per heavy atom. The number of carbonyl (C=O) groups is 1. The number of nitrogens with one attached hydrogen (secondary N) is 1. The lowest BCUT2D eigenvalue weighted by Crippen LogP contribution is -2.42. The third-order valence-electron chi connectivity index (χ3n) is 3.18. The van der Waals surface area contributed by atoms with Crippen LogP contribution < -0.4 is 15.8 Å². The largest absolute Gasteiger partial charge is 0.489 e. The van der Waals surface area contributed by atoms with Crippen molar-refractivity contribution in [2.24, 2.45) is 11.7 Å². The number of carbonyl (C=O) groups excluding carboxylic acids is 1. The van der Waals surface area contributed by atoms with E-state index in [0.717, 1.165) is 25.3 Å². The molecule has 1 amide bonds. The molecule has 0 aliphatic carbocycles. The fourth-order valence-corrected chi connectivity index (χ4v) is 1.99. The van der Waals surface area contributed by atoms with Gasteiger partial charge in [0.15, 0.2) is 0 Å². The van der Waals surface area contributed by atoms with Crippen LogP contribution in [0.3, 0.4) is 0 Å². The highest BCUT2D eigenvalue weighted by atomic mass is 16.5. The van der Waals surface area contributed by atoms with E-state index in [9.17, 15) is 4.79 Å². The van der Waals surface area contributed by atoms with Gasteiger partial charge in [-0.3, -0.25) is 4.79 Å². The van der Waals surface area contributed by atoms with E-state index in [1.807, 2.05) is 0 Å². The number of nitrogens with two attached hydrogens (primary N) is 1. The van der Waals surface area contributed by atoms with E-state index in [2.05, 4.69) is 12.2 Å². The van der Waals surface area contributed by atoms with Crippen LogP contribution in [0.4, 0.5) is 0 Å². The first kappa shape index (κ1) is 11.9. The van der Waals surface area contributed by atoms with Gasteiger partial charge in [0.25, 0.3) is 0 Å². The minimum atomic E-state index is -0.413. The third-order valence-corrected chi connectivity index (χ3v) is 3.18. The molecule has 2 unspecified atom stereocenters. The Bertz CT molecular complexity index is 389. The third kappa shape index (κ3) is 2.97. The van der Waals surface area contributed by atoms with Gasteiger partial charge in [0.2, 0.25) is 5.91 Å². The number of hydrogen-bond donors (Lipinski definition) is 2. The van der Waals surface area contributed by atoms with Crippen LogP contribution in [-0.4, -0.2) is 25.1 Å². The fraction of sp³-hybridized carbons (Fsp3) is 0.462. The number of benzene rings is 1. The molecule has 1 aromatic rings. The summed E-state index contributed by atoms with van der Waals surface area (Å²) in [7, 11) is 0. The average Bonchev–Trinajstić information content (AvgIpc) is 2.33. The van der Waals surface area contributed by atoms with Crippen LogP contribution in [0.5, 0.6) is 5.75 Å².